The minimum Gasteiger partial charge on any atom is -0.491 e. The van der Waals surface area contributed by atoms with Gasteiger partial charge in [0.05, 0.1) is 22.9 Å². The summed E-state index contributed by atoms with van der Waals surface area (Å²) >= 11 is 6.05. The maximum atomic E-state index is 13.4. The van der Waals surface area contributed by atoms with Gasteiger partial charge in [-0.2, -0.15) is 5.10 Å². The maximum Gasteiger partial charge on any atom is 0.264 e. The summed E-state index contributed by atoms with van der Waals surface area (Å²) in [6, 6.07) is 20.0. The molecule has 0 atom stereocenters. The van der Waals surface area contributed by atoms with Gasteiger partial charge in [0, 0.05) is 5.02 Å². The highest BCUT2D eigenvalue weighted by atomic mass is 35.5. The van der Waals surface area contributed by atoms with Crippen molar-refractivity contribution in [2.24, 2.45) is 5.10 Å². The Morgan fingerprint density at radius 1 is 1.09 bits per heavy atom. The van der Waals surface area contributed by atoms with Crippen molar-refractivity contribution in [3.63, 3.8) is 0 Å². The van der Waals surface area contributed by atoms with Crippen LogP contribution in [0.25, 0.3) is 0 Å². The van der Waals surface area contributed by atoms with Crippen LogP contribution in [0.4, 0.5) is 5.69 Å². The van der Waals surface area contributed by atoms with Gasteiger partial charge in [-0.05, 0) is 86.5 Å². The first kappa shape index (κ1) is 25.3. The second-order valence-electron chi connectivity index (χ2n) is 7.78. The number of hydrogen-bond acceptors (Lipinski definition) is 5. The van der Waals surface area contributed by atoms with E-state index in [-0.39, 0.29) is 11.0 Å². The number of nitrogens with one attached hydrogen (secondary N) is 1. The molecule has 0 aromatic heterocycles. The third-order valence-corrected chi connectivity index (χ3v) is 6.71. The molecule has 3 aromatic carbocycles. The minimum atomic E-state index is -4.01. The van der Waals surface area contributed by atoms with E-state index in [9.17, 15) is 13.2 Å². The van der Waals surface area contributed by atoms with E-state index in [1.807, 2.05) is 13.8 Å². The van der Waals surface area contributed by atoms with Crippen LogP contribution < -0.4 is 14.5 Å². The first-order chi connectivity index (χ1) is 16.2. The molecule has 1 N–H and O–H groups in total. The lowest BCUT2D eigenvalue weighted by molar-refractivity contribution is -0.119. The molecule has 0 aliphatic carbocycles. The zero-order chi connectivity index (χ0) is 24.7. The van der Waals surface area contributed by atoms with Crippen LogP contribution in [-0.4, -0.2) is 33.2 Å². The lowest BCUT2D eigenvalue weighted by atomic mass is 10.2. The Bertz CT molecular complexity index is 1260. The van der Waals surface area contributed by atoms with E-state index in [1.165, 1.54) is 18.3 Å². The second-order valence-corrected chi connectivity index (χ2v) is 10.1. The number of benzene rings is 3. The number of halogens is 1. The van der Waals surface area contributed by atoms with Crippen LogP contribution in [0.1, 0.15) is 25.0 Å². The fourth-order valence-corrected chi connectivity index (χ4v) is 4.90. The predicted octanol–water partition coefficient (Wildman–Crippen LogP) is 4.78. The fourth-order valence-electron chi connectivity index (χ4n) is 3.17. The highest BCUT2D eigenvalue weighted by Crippen LogP contribution is 2.28. The molecule has 0 spiro atoms. The van der Waals surface area contributed by atoms with Crippen LogP contribution in [0.2, 0.25) is 5.02 Å². The highest BCUT2D eigenvalue weighted by Gasteiger charge is 2.28. The number of carbonyl (C=O) groups is 1. The molecule has 0 heterocycles. The number of ether oxygens (including phenoxy) is 1. The summed E-state index contributed by atoms with van der Waals surface area (Å²) in [5.74, 6) is 0.140. The van der Waals surface area contributed by atoms with Gasteiger partial charge in [0.2, 0.25) is 0 Å². The quantitative estimate of drug-likeness (QED) is 0.339. The molecule has 34 heavy (non-hydrogen) atoms. The zero-order valence-electron chi connectivity index (χ0n) is 19.1. The molecule has 1 amide bonds. The van der Waals surface area contributed by atoms with Gasteiger partial charge in [0.15, 0.2) is 0 Å². The normalized spacial score (nSPS) is 11.6. The summed E-state index contributed by atoms with van der Waals surface area (Å²) in [6.45, 7) is 5.16. The molecule has 0 aliphatic rings. The van der Waals surface area contributed by atoms with Gasteiger partial charge in [-0.1, -0.05) is 29.8 Å². The van der Waals surface area contributed by atoms with Crippen molar-refractivity contribution in [2.45, 2.75) is 31.8 Å². The third-order valence-electron chi connectivity index (χ3n) is 4.70. The molecule has 9 heteroatoms. The topological polar surface area (TPSA) is 88.1 Å². The van der Waals surface area contributed by atoms with Crippen molar-refractivity contribution in [3.8, 4) is 5.75 Å². The summed E-state index contributed by atoms with van der Waals surface area (Å²) in [6.07, 6.45) is 1.54. The van der Waals surface area contributed by atoms with E-state index in [1.54, 1.807) is 67.6 Å². The zero-order valence-corrected chi connectivity index (χ0v) is 20.7. The monoisotopic (exact) mass is 499 g/mol. The van der Waals surface area contributed by atoms with Crippen molar-refractivity contribution < 1.29 is 17.9 Å². The Labute approximate surface area is 205 Å². The number of hydrogen-bond donors (Lipinski definition) is 1. The van der Waals surface area contributed by atoms with E-state index >= 15 is 0 Å². The summed E-state index contributed by atoms with van der Waals surface area (Å²) in [5.41, 5.74) is 4.12. The van der Waals surface area contributed by atoms with Gasteiger partial charge in [0.1, 0.15) is 12.3 Å². The van der Waals surface area contributed by atoms with Gasteiger partial charge in [-0.15, -0.1) is 0 Å². The molecule has 0 bridgehead atoms. The Morgan fingerprint density at radius 3 is 2.38 bits per heavy atom. The van der Waals surface area contributed by atoms with Gasteiger partial charge in [0.25, 0.3) is 15.9 Å². The smallest absolute Gasteiger partial charge is 0.264 e. The average Bonchev–Trinajstić information content (AvgIpc) is 2.79. The van der Waals surface area contributed by atoms with Crippen molar-refractivity contribution in [1.29, 1.82) is 0 Å². The minimum absolute atomic E-state index is 0.0678. The van der Waals surface area contributed by atoms with Crippen molar-refractivity contribution in [3.05, 3.63) is 88.9 Å². The van der Waals surface area contributed by atoms with E-state index in [4.69, 9.17) is 16.3 Å². The van der Waals surface area contributed by atoms with Crippen LogP contribution in [-0.2, 0) is 14.8 Å². The molecular formula is C25H26ClN3O4S. The summed E-state index contributed by atoms with van der Waals surface area (Å²) < 4.78 is 33.4. The Hall–Kier alpha value is -3.36. The molecule has 0 unspecified atom stereocenters. The fraction of sp³-hybridized carbons (Fsp3) is 0.200. The molecule has 0 fully saturated rings. The highest BCUT2D eigenvalue weighted by molar-refractivity contribution is 7.92. The molecule has 0 saturated carbocycles. The number of rotatable bonds is 9. The van der Waals surface area contributed by atoms with Crippen molar-refractivity contribution in [1.82, 2.24) is 5.43 Å². The average molecular weight is 500 g/mol. The van der Waals surface area contributed by atoms with E-state index in [2.05, 4.69) is 10.5 Å². The van der Waals surface area contributed by atoms with Crippen LogP contribution in [0.15, 0.2) is 82.8 Å². The van der Waals surface area contributed by atoms with Crippen LogP contribution >= 0.6 is 11.6 Å². The number of amides is 1. The molecule has 7 nitrogen and oxygen atoms in total. The Balaban J connectivity index is 1.78. The van der Waals surface area contributed by atoms with Crippen LogP contribution in [0.3, 0.4) is 0 Å². The lowest BCUT2D eigenvalue weighted by Crippen LogP contribution is -2.40. The largest absolute Gasteiger partial charge is 0.491 e. The van der Waals surface area contributed by atoms with Crippen molar-refractivity contribution in [2.75, 3.05) is 10.8 Å². The first-order valence-electron chi connectivity index (χ1n) is 10.6. The number of anilines is 1. The summed E-state index contributed by atoms with van der Waals surface area (Å²) in [7, 11) is -4.01. The first-order valence-corrected chi connectivity index (χ1v) is 12.4. The predicted molar refractivity (Wildman–Crippen MR) is 135 cm³/mol. The number of nitrogens with zero attached hydrogens (tertiary/aromatic N) is 2. The molecule has 3 aromatic rings. The van der Waals surface area contributed by atoms with Gasteiger partial charge >= 0.3 is 0 Å². The van der Waals surface area contributed by atoms with Crippen molar-refractivity contribution >= 4 is 39.4 Å². The van der Waals surface area contributed by atoms with Gasteiger partial charge in [-0.25, -0.2) is 13.8 Å². The van der Waals surface area contributed by atoms with E-state index in [0.29, 0.717) is 16.3 Å². The second kappa shape index (κ2) is 11.2. The summed E-state index contributed by atoms with van der Waals surface area (Å²) in [4.78, 5) is 12.7. The Kier molecular flexibility index (Phi) is 8.31. The third kappa shape index (κ3) is 6.59. The van der Waals surface area contributed by atoms with E-state index in [0.717, 1.165) is 15.6 Å². The van der Waals surface area contributed by atoms with Gasteiger partial charge in [-0.3, -0.25) is 9.10 Å². The molecular weight excluding hydrogens is 474 g/mol. The molecule has 3 rings (SSSR count). The molecule has 178 valence electrons. The van der Waals surface area contributed by atoms with E-state index < -0.39 is 22.5 Å². The standard InChI is InChI=1S/C25H26ClN3O4S/c1-18(2)33-22-12-9-20(10-13-22)16-27-28-25(30)17-29(24-14-11-21(26)15-19(24)3)34(31,32)23-7-5-4-6-8-23/h4-16,18H,17H2,1-3H3,(H,28,30)/b27-16-. The molecule has 0 radical (unpaired) electrons. The van der Waals surface area contributed by atoms with Crippen LogP contribution in [0, 0.1) is 6.92 Å². The lowest BCUT2D eigenvalue weighted by Gasteiger charge is -2.25. The Morgan fingerprint density at radius 2 is 1.76 bits per heavy atom. The SMILES string of the molecule is Cc1cc(Cl)ccc1N(CC(=O)N/N=C\c1ccc(OC(C)C)cc1)S(=O)(=O)c1ccccc1. The van der Waals surface area contributed by atoms with Gasteiger partial charge < -0.3 is 4.74 Å². The van der Waals surface area contributed by atoms with Crippen LogP contribution in [0.5, 0.6) is 5.75 Å². The maximum absolute atomic E-state index is 13.4. The molecule has 0 aliphatic heterocycles. The molecule has 0 saturated heterocycles. The number of sulfonamides is 1. The number of aryl methyl sites for hydroxylation is 1. The number of hydrazone groups is 1. The summed E-state index contributed by atoms with van der Waals surface area (Å²) in [5, 5.41) is 4.43. The number of carbonyl (C=O) groups excluding carboxylic acids is 1.